The molecule has 0 aromatic heterocycles. The van der Waals surface area contributed by atoms with Gasteiger partial charge in [0.1, 0.15) is 0 Å². The number of benzene rings is 1. The number of carbonyl (C=O) groups excluding carboxylic acids is 1. The van der Waals surface area contributed by atoms with Gasteiger partial charge in [0.25, 0.3) is 0 Å². The molecule has 0 saturated heterocycles. The first kappa shape index (κ1) is 23.1. The van der Waals surface area contributed by atoms with Crippen LogP contribution in [-0.4, -0.2) is 40.5 Å². The largest absolute Gasteiger partial charge is 0.485 e. The topological polar surface area (TPSA) is 92.9 Å². The number of ether oxygens (including phenoxy) is 1. The molecule has 1 amide bonds. The number of hydrogen-bond donors (Lipinski definition) is 1. The third-order valence-electron chi connectivity index (χ3n) is 5.54. The van der Waals surface area contributed by atoms with Crippen LogP contribution in [0, 0.1) is 15.9 Å². The summed E-state index contributed by atoms with van der Waals surface area (Å²) in [6.07, 6.45) is 7.06. The molecule has 1 N–H and O–H groups in total. The quantitative estimate of drug-likeness (QED) is 0.348. The number of carbonyl (C=O) groups is 1. The number of halogens is 1. The van der Waals surface area contributed by atoms with E-state index < -0.39 is 28.3 Å². The molecule has 1 aliphatic rings. The van der Waals surface area contributed by atoms with Gasteiger partial charge in [-0.05, 0) is 51.2 Å². The Labute approximate surface area is 171 Å². The van der Waals surface area contributed by atoms with E-state index in [1.165, 1.54) is 32.3 Å². The van der Waals surface area contributed by atoms with Crippen LogP contribution in [0.4, 0.5) is 10.1 Å². The average Bonchev–Trinajstić information content (AvgIpc) is 2.70. The second-order valence-electron chi connectivity index (χ2n) is 7.70. The molecule has 0 bridgehead atoms. The van der Waals surface area contributed by atoms with Crippen molar-refractivity contribution in [2.75, 3.05) is 13.7 Å². The van der Waals surface area contributed by atoms with Crippen molar-refractivity contribution in [1.29, 1.82) is 0 Å². The van der Waals surface area contributed by atoms with E-state index in [4.69, 9.17) is 4.74 Å². The molecule has 0 spiro atoms. The second-order valence-corrected chi connectivity index (χ2v) is 7.70. The van der Waals surface area contributed by atoms with Crippen LogP contribution in [0.1, 0.15) is 76.4 Å². The van der Waals surface area contributed by atoms with E-state index in [1.54, 1.807) is 0 Å². The van der Waals surface area contributed by atoms with E-state index >= 15 is 0 Å². The van der Waals surface area contributed by atoms with E-state index in [1.807, 2.05) is 11.9 Å². The van der Waals surface area contributed by atoms with Crippen LogP contribution in [0.2, 0.25) is 0 Å². The Hall–Kier alpha value is -2.22. The summed E-state index contributed by atoms with van der Waals surface area (Å²) in [4.78, 5) is 24.8. The number of nitrogens with zero attached hydrogens (tertiary/aromatic N) is 2. The fourth-order valence-corrected chi connectivity index (χ4v) is 3.80. The Kier molecular flexibility index (Phi) is 8.82. The van der Waals surface area contributed by atoms with Crippen LogP contribution in [0.3, 0.4) is 0 Å². The normalized spacial score (nSPS) is 15.7. The van der Waals surface area contributed by atoms with Gasteiger partial charge in [0.05, 0.1) is 23.2 Å². The highest BCUT2D eigenvalue weighted by Gasteiger charge is 2.27. The molecule has 1 atom stereocenters. The first-order valence-electron chi connectivity index (χ1n) is 10.4. The summed E-state index contributed by atoms with van der Waals surface area (Å²) in [5, 5.41) is 21.0. The van der Waals surface area contributed by atoms with Crippen molar-refractivity contribution in [2.45, 2.75) is 76.9 Å². The maximum atomic E-state index is 14.0. The molecule has 1 aromatic carbocycles. The van der Waals surface area contributed by atoms with Crippen molar-refractivity contribution in [3.63, 3.8) is 0 Å². The zero-order valence-electron chi connectivity index (χ0n) is 17.2. The lowest BCUT2D eigenvalue weighted by atomic mass is 9.94. The third kappa shape index (κ3) is 6.39. The first-order valence-corrected chi connectivity index (χ1v) is 10.4. The lowest BCUT2D eigenvalue weighted by molar-refractivity contribution is -0.387. The van der Waals surface area contributed by atoms with Crippen LogP contribution >= 0.6 is 0 Å². The van der Waals surface area contributed by atoms with Crippen molar-refractivity contribution in [3.8, 4) is 5.75 Å². The van der Waals surface area contributed by atoms with E-state index in [0.717, 1.165) is 18.9 Å². The monoisotopic (exact) mass is 410 g/mol. The van der Waals surface area contributed by atoms with Crippen molar-refractivity contribution in [2.24, 2.45) is 0 Å². The molecular weight excluding hydrogens is 379 g/mol. The molecule has 7 nitrogen and oxygen atoms in total. The van der Waals surface area contributed by atoms with Crippen LogP contribution in [-0.2, 0) is 4.79 Å². The number of hydrogen-bond acceptors (Lipinski definition) is 5. The van der Waals surface area contributed by atoms with Crippen molar-refractivity contribution in [1.82, 2.24) is 4.90 Å². The van der Waals surface area contributed by atoms with E-state index in [-0.39, 0.29) is 18.1 Å². The molecule has 2 rings (SSSR count). The summed E-state index contributed by atoms with van der Waals surface area (Å²) in [7, 11) is 1.87. The van der Waals surface area contributed by atoms with E-state index in [9.17, 15) is 24.4 Å². The molecule has 1 fully saturated rings. The third-order valence-corrected chi connectivity index (χ3v) is 5.54. The number of amides is 1. The van der Waals surface area contributed by atoms with Gasteiger partial charge in [0.15, 0.2) is 5.82 Å². The summed E-state index contributed by atoms with van der Waals surface area (Å²) >= 11 is 0. The Balaban J connectivity index is 1.78. The highest BCUT2D eigenvalue weighted by molar-refractivity contribution is 5.76. The van der Waals surface area contributed by atoms with E-state index in [0.29, 0.717) is 31.7 Å². The van der Waals surface area contributed by atoms with Crippen LogP contribution in [0.25, 0.3) is 0 Å². The molecule has 1 aliphatic carbocycles. The molecule has 1 unspecified atom stereocenters. The lowest BCUT2D eigenvalue weighted by Crippen LogP contribution is -2.38. The molecule has 8 heteroatoms. The standard InChI is InChI=1S/C21H31FN2O5/c1-15(25)17-12-13-18(22)21(20(17)24(27)28)29-14-8-4-7-11-19(26)23(2)16-9-5-3-6-10-16/h12-13,15-16,25H,3-11,14H2,1-2H3. The van der Waals surface area contributed by atoms with Crippen LogP contribution in [0.15, 0.2) is 12.1 Å². The molecule has 162 valence electrons. The fraction of sp³-hybridized carbons (Fsp3) is 0.667. The van der Waals surface area contributed by atoms with Gasteiger partial charge in [0.2, 0.25) is 11.7 Å². The zero-order valence-corrected chi connectivity index (χ0v) is 17.2. The molecule has 1 saturated carbocycles. The van der Waals surface area contributed by atoms with Crippen molar-refractivity contribution >= 4 is 11.6 Å². The van der Waals surface area contributed by atoms with Crippen molar-refractivity contribution in [3.05, 3.63) is 33.6 Å². The van der Waals surface area contributed by atoms with E-state index in [2.05, 4.69) is 0 Å². The minimum Gasteiger partial charge on any atom is -0.485 e. The Morgan fingerprint density at radius 3 is 2.62 bits per heavy atom. The second kappa shape index (κ2) is 11.1. The molecule has 0 radical (unpaired) electrons. The van der Waals surface area contributed by atoms with Crippen LogP contribution < -0.4 is 4.74 Å². The highest BCUT2D eigenvalue weighted by Crippen LogP contribution is 2.37. The Bertz CT molecular complexity index is 705. The number of aliphatic hydroxyl groups excluding tert-OH is 1. The Morgan fingerprint density at radius 1 is 1.31 bits per heavy atom. The zero-order chi connectivity index (χ0) is 21.4. The smallest absolute Gasteiger partial charge is 0.319 e. The summed E-state index contributed by atoms with van der Waals surface area (Å²) in [6.45, 7) is 1.49. The minimum atomic E-state index is -1.11. The minimum absolute atomic E-state index is 0.0164. The summed E-state index contributed by atoms with van der Waals surface area (Å²) < 4.78 is 19.4. The number of aliphatic hydroxyl groups is 1. The maximum Gasteiger partial charge on any atom is 0.319 e. The molecule has 0 aliphatic heterocycles. The molecule has 0 heterocycles. The molecule has 1 aromatic rings. The van der Waals surface area contributed by atoms with Gasteiger partial charge in [-0.2, -0.15) is 0 Å². The number of rotatable bonds is 10. The predicted octanol–water partition coefficient (Wildman–Crippen LogP) is 4.52. The van der Waals surface area contributed by atoms with Gasteiger partial charge in [-0.3, -0.25) is 14.9 Å². The first-order chi connectivity index (χ1) is 13.8. The van der Waals surface area contributed by atoms with Crippen LogP contribution in [0.5, 0.6) is 5.75 Å². The maximum absolute atomic E-state index is 14.0. The van der Waals surface area contributed by atoms with Gasteiger partial charge in [-0.15, -0.1) is 0 Å². The molecular formula is C21H31FN2O5. The number of unbranched alkanes of at least 4 members (excludes halogenated alkanes) is 2. The molecule has 29 heavy (non-hydrogen) atoms. The lowest BCUT2D eigenvalue weighted by Gasteiger charge is -2.31. The van der Waals surface area contributed by atoms with Gasteiger partial charge in [0, 0.05) is 19.5 Å². The number of nitro benzene ring substituents is 1. The fourth-order valence-electron chi connectivity index (χ4n) is 3.80. The summed E-state index contributed by atoms with van der Waals surface area (Å²) in [6, 6.07) is 2.60. The SMILES string of the molecule is CC(O)c1ccc(F)c(OCCCCCC(=O)N(C)C2CCCCC2)c1[N+](=O)[O-]. The van der Waals surface area contributed by atoms with Gasteiger partial charge >= 0.3 is 5.69 Å². The van der Waals surface area contributed by atoms with Gasteiger partial charge < -0.3 is 14.7 Å². The predicted molar refractivity (Wildman–Crippen MR) is 107 cm³/mol. The summed E-state index contributed by atoms with van der Waals surface area (Å²) in [5.41, 5.74) is -0.521. The van der Waals surface area contributed by atoms with Gasteiger partial charge in [-0.25, -0.2) is 4.39 Å². The Morgan fingerprint density at radius 2 is 2.00 bits per heavy atom. The number of nitro groups is 1. The average molecular weight is 410 g/mol. The summed E-state index contributed by atoms with van der Waals surface area (Å²) in [5.74, 6) is -1.13. The van der Waals surface area contributed by atoms with Gasteiger partial charge in [-0.1, -0.05) is 19.3 Å². The van der Waals surface area contributed by atoms with Crippen molar-refractivity contribution < 1.29 is 24.0 Å². The highest BCUT2D eigenvalue weighted by atomic mass is 19.1.